The summed E-state index contributed by atoms with van der Waals surface area (Å²) in [6, 6.07) is 4.21. The van der Waals surface area contributed by atoms with Crippen molar-refractivity contribution in [3.63, 3.8) is 0 Å². The Morgan fingerprint density at radius 2 is 2.14 bits per heavy atom. The molecular formula is C16H29N3O2. The molecule has 0 saturated carbocycles. The monoisotopic (exact) mass is 295 g/mol. The van der Waals surface area contributed by atoms with Gasteiger partial charge in [0.1, 0.15) is 5.60 Å². The number of carbonyl (C=O) groups is 1. The van der Waals surface area contributed by atoms with Gasteiger partial charge < -0.3 is 19.9 Å². The van der Waals surface area contributed by atoms with Gasteiger partial charge in [0.15, 0.2) is 0 Å². The SMILES string of the molecule is CCCn1cccc1CNCC(C)NC(=O)OC(C)(C)C. The van der Waals surface area contributed by atoms with Crippen LogP contribution in [0.15, 0.2) is 18.3 Å². The predicted molar refractivity (Wildman–Crippen MR) is 85.3 cm³/mol. The van der Waals surface area contributed by atoms with Gasteiger partial charge in [-0.25, -0.2) is 4.79 Å². The number of aromatic nitrogens is 1. The Morgan fingerprint density at radius 1 is 1.43 bits per heavy atom. The minimum absolute atomic E-state index is 0.0226. The lowest BCUT2D eigenvalue weighted by molar-refractivity contribution is 0.0508. The Kier molecular flexibility index (Phi) is 6.75. The van der Waals surface area contributed by atoms with Gasteiger partial charge in [-0.1, -0.05) is 6.92 Å². The largest absolute Gasteiger partial charge is 0.444 e. The van der Waals surface area contributed by atoms with Gasteiger partial charge in [0.05, 0.1) is 0 Å². The van der Waals surface area contributed by atoms with Crippen LogP contribution in [0.3, 0.4) is 0 Å². The second-order valence-electron chi connectivity index (χ2n) is 6.37. The highest BCUT2D eigenvalue weighted by Gasteiger charge is 2.17. The normalized spacial score (nSPS) is 13.0. The van der Waals surface area contributed by atoms with Crippen molar-refractivity contribution >= 4 is 6.09 Å². The third-order valence-corrected chi connectivity index (χ3v) is 2.91. The molecule has 0 spiro atoms. The van der Waals surface area contributed by atoms with E-state index in [1.54, 1.807) is 0 Å². The topological polar surface area (TPSA) is 55.3 Å². The third kappa shape index (κ3) is 7.18. The number of hydrogen-bond acceptors (Lipinski definition) is 3. The van der Waals surface area contributed by atoms with Crippen molar-refractivity contribution < 1.29 is 9.53 Å². The van der Waals surface area contributed by atoms with Crippen molar-refractivity contribution in [2.24, 2.45) is 0 Å². The van der Waals surface area contributed by atoms with Crippen LogP contribution in [0.1, 0.15) is 46.7 Å². The molecule has 0 aliphatic rings. The fourth-order valence-corrected chi connectivity index (χ4v) is 2.05. The van der Waals surface area contributed by atoms with E-state index in [2.05, 4.69) is 40.5 Å². The number of carbonyl (C=O) groups excluding carboxylic acids is 1. The van der Waals surface area contributed by atoms with Gasteiger partial charge in [0.25, 0.3) is 0 Å². The van der Waals surface area contributed by atoms with Gasteiger partial charge >= 0.3 is 6.09 Å². The fourth-order valence-electron chi connectivity index (χ4n) is 2.05. The molecule has 1 amide bonds. The molecule has 1 unspecified atom stereocenters. The van der Waals surface area contributed by atoms with Crippen LogP contribution in [0.25, 0.3) is 0 Å². The molecule has 0 radical (unpaired) electrons. The third-order valence-electron chi connectivity index (χ3n) is 2.91. The molecule has 0 aromatic carbocycles. The summed E-state index contributed by atoms with van der Waals surface area (Å²) in [4.78, 5) is 11.6. The van der Waals surface area contributed by atoms with Crippen LogP contribution in [0.2, 0.25) is 0 Å². The molecule has 2 N–H and O–H groups in total. The van der Waals surface area contributed by atoms with Crippen molar-refractivity contribution in [3.05, 3.63) is 24.0 Å². The van der Waals surface area contributed by atoms with Crippen LogP contribution in [-0.4, -0.2) is 28.8 Å². The average Bonchev–Trinajstić information content (AvgIpc) is 2.74. The molecule has 1 aromatic heterocycles. The first kappa shape index (κ1) is 17.6. The first-order valence-corrected chi connectivity index (χ1v) is 7.66. The fraction of sp³-hybridized carbons (Fsp3) is 0.688. The minimum atomic E-state index is -0.460. The van der Waals surface area contributed by atoms with E-state index in [1.807, 2.05) is 27.7 Å². The molecule has 0 fully saturated rings. The Morgan fingerprint density at radius 3 is 2.76 bits per heavy atom. The summed E-state index contributed by atoms with van der Waals surface area (Å²) in [6.45, 7) is 12.2. The highest BCUT2D eigenvalue weighted by atomic mass is 16.6. The Hall–Kier alpha value is -1.49. The zero-order valence-corrected chi connectivity index (χ0v) is 13.9. The lowest BCUT2D eigenvalue weighted by Gasteiger charge is -2.22. The average molecular weight is 295 g/mol. The Labute approximate surface area is 128 Å². The van der Waals surface area contributed by atoms with Gasteiger partial charge in [0, 0.05) is 37.6 Å². The molecule has 1 rings (SSSR count). The molecule has 0 aliphatic heterocycles. The Balaban J connectivity index is 2.28. The number of hydrogen-bond donors (Lipinski definition) is 2. The maximum Gasteiger partial charge on any atom is 0.407 e. The molecule has 0 aliphatic carbocycles. The second kappa shape index (κ2) is 8.08. The van der Waals surface area contributed by atoms with Crippen LogP contribution in [0.4, 0.5) is 4.79 Å². The number of alkyl carbamates (subject to hydrolysis) is 1. The lowest BCUT2D eigenvalue weighted by atomic mass is 10.2. The smallest absolute Gasteiger partial charge is 0.407 e. The number of amides is 1. The van der Waals surface area contributed by atoms with E-state index in [4.69, 9.17) is 4.74 Å². The van der Waals surface area contributed by atoms with Gasteiger partial charge in [-0.15, -0.1) is 0 Å². The minimum Gasteiger partial charge on any atom is -0.444 e. The van der Waals surface area contributed by atoms with Gasteiger partial charge in [-0.3, -0.25) is 0 Å². The van der Waals surface area contributed by atoms with Gasteiger partial charge in [0.2, 0.25) is 0 Å². The van der Waals surface area contributed by atoms with Crippen molar-refractivity contribution in [2.45, 2.75) is 65.8 Å². The first-order valence-electron chi connectivity index (χ1n) is 7.66. The molecule has 120 valence electrons. The van der Waals surface area contributed by atoms with E-state index in [-0.39, 0.29) is 12.1 Å². The van der Waals surface area contributed by atoms with E-state index >= 15 is 0 Å². The van der Waals surface area contributed by atoms with Crippen molar-refractivity contribution in [1.82, 2.24) is 15.2 Å². The lowest BCUT2D eigenvalue weighted by Crippen LogP contribution is -2.42. The second-order valence-corrected chi connectivity index (χ2v) is 6.37. The van der Waals surface area contributed by atoms with E-state index in [1.165, 1.54) is 5.69 Å². The summed E-state index contributed by atoms with van der Waals surface area (Å²) in [5.74, 6) is 0. The number of nitrogens with zero attached hydrogens (tertiary/aromatic N) is 1. The molecule has 0 bridgehead atoms. The molecule has 5 nitrogen and oxygen atoms in total. The number of ether oxygens (including phenoxy) is 1. The summed E-state index contributed by atoms with van der Waals surface area (Å²) in [7, 11) is 0. The first-order chi connectivity index (χ1) is 9.81. The maximum atomic E-state index is 11.6. The standard InChI is InChI=1S/C16H29N3O2/c1-6-9-19-10-7-8-14(19)12-17-11-13(2)18-15(20)21-16(3,4)5/h7-8,10,13,17H,6,9,11-12H2,1-5H3,(H,18,20). The van der Waals surface area contributed by atoms with Gasteiger partial charge in [-0.05, 0) is 46.2 Å². The van der Waals surface area contributed by atoms with Crippen molar-refractivity contribution in [2.75, 3.05) is 6.54 Å². The number of aryl methyl sites for hydroxylation is 1. The maximum absolute atomic E-state index is 11.6. The molecule has 5 heteroatoms. The number of rotatable bonds is 7. The number of nitrogens with one attached hydrogen (secondary N) is 2. The summed E-state index contributed by atoms with van der Waals surface area (Å²) < 4.78 is 7.48. The van der Waals surface area contributed by atoms with Crippen LogP contribution in [0.5, 0.6) is 0 Å². The van der Waals surface area contributed by atoms with Crippen LogP contribution in [0, 0.1) is 0 Å². The Bertz CT molecular complexity index is 435. The van der Waals surface area contributed by atoms with E-state index in [0.717, 1.165) is 19.5 Å². The van der Waals surface area contributed by atoms with E-state index in [0.29, 0.717) is 6.54 Å². The summed E-state index contributed by atoms with van der Waals surface area (Å²) in [5, 5.41) is 6.19. The zero-order valence-electron chi connectivity index (χ0n) is 13.9. The molecular weight excluding hydrogens is 266 g/mol. The van der Waals surface area contributed by atoms with Crippen molar-refractivity contribution in [1.29, 1.82) is 0 Å². The van der Waals surface area contributed by atoms with E-state index in [9.17, 15) is 4.79 Å². The molecule has 1 aromatic rings. The predicted octanol–water partition coefficient (Wildman–Crippen LogP) is 2.90. The van der Waals surface area contributed by atoms with Crippen molar-refractivity contribution in [3.8, 4) is 0 Å². The molecule has 0 saturated heterocycles. The quantitative estimate of drug-likeness (QED) is 0.813. The summed E-state index contributed by atoms with van der Waals surface area (Å²) in [5.41, 5.74) is 0.805. The van der Waals surface area contributed by atoms with Crippen LogP contribution >= 0.6 is 0 Å². The summed E-state index contributed by atoms with van der Waals surface area (Å²) in [6.07, 6.45) is 2.85. The van der Waals surface area contributed by atoms with E-state index < -0.39 is 5.60 Å². The zero-order chi connectivity index (χ0) is 15.9. The molecule has 21 heavy (non-hydrogen) atoms. The highest BCUT2D eigenvalue weighted by Crippen LogP contribution is 2.07. The van der Waals surface area contributed by atoms with Gasteiger partial charge in [-0.2, -0.15) is 0 Å². The highest BCUT2D eigenvalue weighted by molar-refractivity contribution is 5.68. The van der Waals surface area contributed by atoms with Crippen LogP contribution in [-0.2, 0) is 17.8 Å². The summed E-state index contributed by atoms with van der Waals surface area (Å²) >= 11 is 0. The molecule has 1 heterocycles. The molecule has 1 atom stereocenters. The van der Waals surface area contributed by atoms with Crippen LogP contribution < -0.4 is 10.6 Å².